The number of urea groups is 1. The van der Waals surface area contributed by atoms with Crippen molar-refractivity contribution in [2.24, 2.45) is 0 Å². The number of aromatic carboxylic acids is 1. The van der Waals surface area contributed by atoms with Gasteiger partial charge >= 0.3 is 12.0 Å². The van der Waals surface area contributed by atoms with E-state index in [2.05, 4.69) is 10.6 Å². The molecule has 3 N–H and O–H groups in total. The lowest BCUT2D eigenvalue weighted by molar-refractivity contribution is 0.0697. The summed E-state index contributed by atoms with van der Waals surface area (Å²) in [5, 5.41) is 13.8. The first kappa shape index (κ1) is 15.0. The molecule has 0 aliphatic carbocycles. The van der Waals surface area contributed by atoms with Crippen molar-refractivity contribution >= 4 is 29.0 Å². The minimum atomic E-state index is -1.31. The lowest BCUT2D eigenvalue weighted by Gasteiger charge is -2.10. The Kier molecular flexibility index (Phi) is 4.54. The van der Waals surface area contributed by atoms with Crippen molar-refractivity contribution in [1.29, 1.82) is 0 Å². The Labute approximate surface area is 124 Å². The number of anilines is 1. The molecule has 0 saturated carbocycles. The molecule has 0 atom stereocenters. The highest BCUT2D eigenvalue weighted by Crippen LogP contribution is 2.20. The lowest BCUT2D eigenvalue weighted by Crippen LogP contribution is -2.29. The van der Waals surface area contributed by atoms with Crippen molar-refractivity contribution in [2.75, 3.05) is 5.32 Å². The maximum atomic E-state index is 13.6. The van der Waals surface area contributed by atoms with Crippen LogP contribution in [0.15, 0.2) is 30.3 Å². The number of para-hydroxylation sites is 1. The Balaban J connectivity index is 2.04. The number of aryl methyl sites for hydroxylation is 1. The smallest absolute Gasteiger partial charge is 0.337 e. The van der Waals surface area contributed by atoms with Crippen molar-refractivity contribution in [3.63, 3.8) is 0 Å². The summed E-state index contributed by atoms with van der Waals surface area (Å²) < 4.78 is 13.6. The van der Waals surface area contributed by atoms with Gasteiger partial charge in [-0.3, -0.25) is 0 Å². The fraction of sp³-hybridized carbons (Fsp3) is 0.143. The van der Waals surface area contributed by atoms with E-state index in [0.717, 1.165) is 15.8 Å². The van der Waals surface area contributed by atoms with Crippen molar-refractivity contribution in [3.8, 4) is 0 Å². The van der Waals surface area contributed by atoms with E-state index in [0.29, 0.717) is 6.54 Å². The third-order valence-electron chi connectivity index (χ3n) is 2.70. The number of carboxylic acids is 1. The van der Waals surface area contributed by atoms with E-state index in [4.69, 9.17) is 5.11 Å². The number of amides is 2. The molecule has 0 unspecified atom stereocenters. The monoisotopic (exact) mass is 308 g/mol. The van der Waals surface area contributed by atoms with Crippen LogP contribution < -0.4 is 10.6 Å². The molecule has 1 heterocycles. The summed E-state index contributed by atoms with van der Waals surface area (Å²) in [6.45, 7) is 2.24. The molecule has 110 valence electrons. The number of carbonyl (C=O) groups excluding carboxylic acids is 1. The van der Waals surface area contributed by atoms with Crippen LogP contribution in [-0.2, 0) is 6.54 Å². The van der Waals surface area contributed by atoms with Gasteiger partial charge in [0.15, 0.2) is 0 Å². The second-order valence-corrected chi connectivity index (χ2v) is 5.66. The molecule has 1 aromatic heterocycles. The number of hydrogen-bond donors (Lipinski definition) is 3. The maximum absolute atomic E-state index is 13.6. The van der Waals surface area contributed by atoms with Gasteiger partial charge in [0, 0.05) is 9.75 Å². The molecular formula is C14H13FN2O3S. The van der Waals surface area contributed by atoms with Crippen molar-refractivity contribution in [1.82, 2.24) is 5.32 Å². The molecule has 0 fully saturated rings. The predicted molar refractivity (Wildman–Crippen MR) is 78.3 cm³/mol. The topological polar surface area (TPSA) is 78.4 Å². The van der Waals surface area contributed by atoms with Crippen LogP contribution in [-0.4, -0.2) is 17.1 Å². The number of carbonyl (C=O) groups is 2. The Bertz CT molecular complexity index is 685. The van der Waals surface area contributed by atoms with E-state index in [1.165, 1.54) is 23.5 Å². The van der Waals surface area contributed by atoms with Crippen molar-refractivity contribution in [2.45, 2.75) is 13.5 Å². The standard InChI is InChI=1S/C14H13FN2O3S/c1-8-5-6-9(21-8)7-16-14(20)17-12-10(13(18)19)3-2-4-11(12)15/h2-6H,7H2,1H3,(H,18,19)(H2,16,17,20). The highest BCUT2D eigenvalue weighted by atomic mass is 32.1. The second kappa shape index (κ2) is 6.36. The Morgan fingerprint density at radius 2 is 2.05 bits per heavy atom. The number of hydrogen-bond acceptors (Lipinski definition) is 3. The number of rotatable bonds is 4. The molecule has 0 aliphatic heterocycles. The molecule has 2 amide bonds. The summed E-state index contributed by atoms with van der Waals surface area (Å²) >= 11 is 1.54. The van der Waals surface area contributed by atoms with Gasteiger partial charge in [-0.1, -0.05) is 6.07 Å². The highest BCUT2D eigenvalue weighted by Gasteiger charge is 2.16. The van der Waals surface area contributed by atoms with Gasteiger partial charge in [-0.2, -0.15) is 0 Å². The van der Waals surface area contributed by atoms with Gasteiger partial charge in [0.05, 0.1) is 17.8 Å². The summed E-state index contributed by atoms with van der Waals surface area (Å²) in [5.74, 6) is -2.10. The number of benzene rings is 1. The largest absolute Gasteiger partial charge is 0.478 e. The van der Waals surface area contributed by atoms with Gasteiger partial charge in [-0.15, -0.1) is 11.3 Å². The third kappa shape index (κ3) is 3.79. The Morgan fingerprint density at radius 3 is 2.67 bits per heavy atom. The van der Waals surface area contributed by atoms with Crippen LogP contribution in [0.1, 0.15) is 20.1 Å². The van der Waals surface area contributed by atoms with Crippen LogP contribution in [0.2, 0.25) is 0 Å². The molecule has 2 aromatic rings. The van der Waals surface area contributed by atoms with Crippen molar-refractivity contribution < 1.29 is 19.1 Å². The summed E-state index contributed by atoms with van der Waals surface area (Å²) in [5.41, 5.74) is -0.637. The number of thiophene rings is 1. The van der Waals surface area contributed by atoms with Gasteiger partial charge in [0.2, 0.25) is 0 Å². The van der Waals surface area contributed by atoms with E-state index in [-0.39, 0.29) is 11.3 Å². The fourth-order valence-corrected chi connectivity index (χ4v) is 2.56. The minimum Gasteiger partial charge on any atom is -0.478 e. The Morgan fingerprint density at radius 1 is 1.29 bits per heavy atom. The van der Waals surface area contributed by atoms with Crippen LogP contribution in [0, 0.1) is 12.7 Å². The van der Waals surface area contributed by atoms with Crippen LogP contribution in [0.5, 0.6) is 0 Å². The SMILES string of the molecule is Cc1ccc(CNC(=O)Nc2c(F)cccc2C(=O)O)s1. The zero-order chi connectivity index (χ0) is 15.4. The molecule has 5 nitrogen and oxygen atoms in total. The normalized spacial score (nSPS) is 10.2. The van der Waals surface area contributed by atoms with E-state index in [1.807, 2.05) is 19.1 Å². The fourth-order valence-electron chi connectivity index (χ4n) is 1.73. The van der Waals surface area contributed by atoms with E-state index < -0.39 is 17.8 Å². The average molecular weight is 308 g/mol. The van der Waals surface area contributed by atoms with Gasteiger partial charge in [0.25, 0.3) is 0 Å². The molecule has 0 bridgehead atoms. The number of nitrogens with one attached hydrogen (secondary N) is 2. The van der Waals surface area contributed by atoms with Gasteiger partial charge in [0.1, 0.15) is 5.82 Å². The zero-order valence-electron chi connectivity index (χ0n) is 11.1. The zero-order valence-corrected chi connectivity index (χ0v) is 12.0. The molecule has 0 saturated heterocycles. The lowest BCUT2D eigenvalue weighted by atomic mass is 10.1. The molecule has 0 radical (unpaired) electrons. The molecule has 7 heteroatoms. The van der Waals surface area contributed by atoms with E-state index in [9.17, 15) is 14.0 Å². The van der Waals surface area contributed by atoms with Crippen LogP contribution in [0.25, 0.3) is 0 Å². The molecule has 0 spiro atoms. The average Bonchev–Trinajstić information content (AvgIpc) is 2.84. The van der Waals surface area contributed by atoms with Gasteiger partial charge < -0.3 is 15.7 Å². The summed E-state index contributed by atoms with van der Waals surface area (Å²) in [7, 11) is 0. The first-order valence-electron chi connectivity index (χ1n) is 6.09. The number of halogens is 1. The molecule has 1 aromatic carbocycles. The summed E-state index contributed by atoms with van der Waals surface area (Å²) in [6, 6.07) is 6.74. The first-order chi connectivity index (χ1) is 9.97. The van der Waals surface area contributed by atoms with Crippen LogP contribution in [0.4, 0.5) is 14.9 Å². The number of carboxylic acid groups (broad SMARTS) is 1. The second-order valence-electron chi connectivity index (χ2n) is 4.29. The predicted octanol–water partition coefficient (Wildman–Crippen LogP) is 3.22. The summed E-state index contributed by atoms with van der Waals surface area (Å²) in [6.07, 6.45) is 0. The summed E-state index contributed by atoms with van der Waals surface area (Å²) in [4.78, 5) is 24.8. The maximum Gasteiger partial charge on any atom is 0.337 e. The first-order valence-corrected chi connectivity index (χ1v) is 6.91. The third-order valence-corrected chi connectivity index (χ3v) is 3.70. The van der Waals surface area contributed by atoms with Crippen LogP contribution in [0.3, 0.4) is 0 Å². The molecule has 21 heavy (non-hydrogen) atoms. The molecule has 0 aliphatic rings. The van der Waals surface area contributed by atoms with Gasteiger partial charge in [-0.25, -0.2) is 14.0 Å². The molecule has 2 rings (SSSR count). The highest BCUT2D eigenvalue weighted by molar-refractivity contribution is 7.11. The van der Waals surface area contributed by atoms with Crippen molar-refractivity contribution in [3.05, 3.63) is 51.5 Å². The quantitative estimate of drug-likeness (QED) is 0.811. The van der Waals surface area contributed by atoms with E-state index in [1.54, 1.807) is 0 Å². The van der Waals surface area contributed by atoms with E-state index >= 15 is 0 Å². The van der Waals surface area contributed by atoms with Gasteiger partial charge in [-0.05, 0) is 31.2 Å². The molecular weight excluding hydrogens is 295 g/mol. The Hall–Kier alpha value is -2.41. The minimum absolute atomic E-state index is 0.293. The van der Waals surface area contributed by atoms with Crippen LogP contribution >= 0.6 is 11.3 Å².